The van der Waals surface area contributed by atoms with Crippen molar-refractivity contribution in [2.24, 2.45) is 0 Å². The van der Waals surface area contributed by atoms with Gasteiger partial charge in [0.2, 0.25) is 10.0 Å². The first-order chi connectivity index (χ1) is 14.3. The number of benzene rings is 2. The molecule has 2 aromatic carbocycles. The maximum absolute atomic E-state index is 12.9. The van der Waals surface area contributed by atoms with Gasteiger partial charge in [0.15, 0.2) is 0 Å². The molecule has 0 bridgehead atoms. The molecule has 0 saturated heterocycles. The van der Waals surface area contributed by atoms with Gasteiger partial charge in [-0.1, -0.05) is 43.3 Å². The molecule has 1 aromatic heterocycles. The average Bonchev–Trinajstić information content (AvgIpc) is 3.10. The minimum Gasteiger partial charge on any atom is -0.350 e. The zero-order chi connectivity index (χ0) is 21.9. The van der Waals surface area contributed by atoms with Crippen molar-refractivity contribution in [1.82, 2.24) is 14.2 Å². The number of rotatable bonds is 8. The summed E-state index contributed by atoms with van der Waals surface area (Å²) >= 11 is 0. The number of hydrogen-bond acceptors (Lipinski definition) is 3. The molecule has 3 rings (SSSR count). The van der Waals surface area contributed by atoms with E-state index in [-0.39, 0.29) is 16.7 Å². The second kappa shape index (κ2) is 8.85. The normalized spacial score (nSPS) is 12.8. The fourth-order valence-corrected chi connectivity index (χ4v) is 4.31. The molecule has 7 heteroatoms. The van der Waals surface area contributed by atoms with Crippen LogP contribution in [0.5, 0.6) is 0 Å². The topological polar surface area (TPSA) is 71.4 Å². The quantitative estimate of drug-likeness (QED) is 0.561. The molecule has 0 saturated carbocycles. The van der Waals surface area contributed by atoms with Crippen LogP contribution in [0.2, 0.25) is 0 Å². The Morgan fingerprint density at radius 2 is 1.87 bits per heavy atom. The predicted octanol–water partition coefficient (Wildman–Crippen LogP) is 3.61. The highest BCUT2D eigenvalue weighted by atomic mass is 32.2. The van der Waals surface area contributed by atoms with Gasteiger partial charge in [-0.15, -0.1) is 6.58 Å². The Morgan fingerprint density at radius 3 is 2.50 bits per heavy atom. The first-order valence-corrected chi connectivity index (χ1v) is 11.2. The summed E-state index contributed by atoms with van der Waals surface area (Å²) in [7, 11) is -0.563. The highest BCUT2D eigenvalue weighted by Crippen LogP contribution is 2.25. The number of aromatic nitrogens is 1. The van der Waals surface area contributed by atoms with Crippen molar-refractivity contribution in [1.29, 1.82) is 0 Å². The van der Waals surface area contributed by atoms with Crippen molar-refractivity contribution in [2.75, 3.05) is 20.6 Å². The molecule has 1 atom stereocenters. The first-order valence-electron chi connectivity index (χ1n) is 9.75. The van der Waals surface area contributed by atoms with Crippen LogP contribution in [0.25, 0.3) is 10.9 Å². The average molecular weight is 426 g/mol. The van der Waals surface area contributed by atoms with Crippen molar-refractivity contribution in [3.8, 4) is 0 Å². The number of nitrogens with zero attached hydrogens (tertiary/aromatic N) is 2. The summed E-state index contributed by atoms with van der Waals surface area (Å²) in [5.74, 6) is -0.0305. The predicted molar refractivity (Wildman–Crippen MR) is 120 cm³/mol. The molecule has 3 aromatic rings. The standard InChI is InChI=1S/C23H27N3O3S/c1-5-13-26-21-12-11-20(30(28,29)25(3)4)14-19(21)15-22(26)23(27)24-16-17(2)18-9-7-6-8-10-18/h5-12,14-15,17H,1,13,16H2,2-4H3,(H,24,27). The largest absolute Gasteiger partial charge is 0.350 e. The van der Waals surface area contributed by atoms with Gasteiger partial charge in [0.05, 0.1) is 4.90 Å². The van der Waals surface area contributed by atoms with E-state index in [2.05, 4.69) is 18.8 Å². The zero-order valence-electron chi connectivity index (χ0n) is 17.5. The fraction of sp³-hybridized carbons (Fsp3) is 0.261. The number of hydrogen-bond donors (Lipinski definition) is 1. The maximum atomic E-state index is 12.9. The van der Waals surface area contributed by atoms with Gasteiger partial charge < -0.3 is 9.88 Å². The van der Waals surface area contributed by atoms with Crippen LogP contribution >= 0.6 is 0 Å². The molecule has 0 spiro atoms. The van der Waals surface area contributed by atoms with Crippen molar-refractivity contribution in [3.63, 3.8) is 0 Å². The molecule has 0 aliphatic carbocycles. The number of sulfonamides is 1. The van der Waals surface area contributed by atoms with E-state index in [0.717, 1.165) is 11.1 Å². The number of amides is 1. The van der Waals surface area contributed by atoms with Gasteiger partial charge in [-0.2, -0.15) is 0 Å². The summed E-state index contributed by atoms with van der Waals surface area (Å²) in [6.07, 6.45) is 1.72. The van der Waals surface area contributed by atoms with Gasteiger partial charge in [-0.25, -0.2) is 12.7 Å². The molecule has 1 N–H and O–H groups in total. The molecule has 0 aliphatic heterocycles. The lowest BCUT2D eigenvalue weighted by atomic mass is 10.0. The molecule has 1 heterocycles. The molecule has 1 unspecified atom stereocenters. The summed E-state index contributed by atoms with van der Waals surface area (Å²) in [5, 5.41) is 3.69. The van der Waals surface area contributed by atoms with Crippen molar-refractivity contribution in [2.45, 2.75) is 24.3 Å². The van der Waals surface area contributed by atoms with Crippen LogP contribution in [0, 0.1) is 0 Å². The summed E-state index contributed by atoms with van der Waals surface area (Å²) in [6.45, 7) is 6.79. The van der Waals surface area contributed by atoms with Crippen LogP contribution < -0.4 is 5.32 Å². The van der Waals surface area contributed by atoms with Gasteiger partial charge in [0.25, 0.3) is 5.91 Å². The van der Waals surface area contributed by atoms with Gasteiger partial charge in [0.1, 0.15) is 5.69 Å². The van der Waals surface area contributed by atoms with Crippen molar-refractivity contribution < 1.29 is 13.2 Å². The van der Waals surface area contributed by atoms with E-state index in [4.69, 9.17) is 0 Å². The smallest absolute Gasteiger partial charge is 0.267 e. The Bertz CT molecular complexity index is 1170. The van der Waals surface area contributed by atoms with E-state index in [9.17, 15) is 13.2 Å². The number of carbonyl (C=O) groups is 1. The summed E-state index contributed by atoms with van der Waals surface area (Å²) in [5.41, 5.74) is 2.42. The number of nitrogens with one attached hydrogen (secondary N) is 1. The molecular weight excluding hydrogens is 398 g/mol. The lowest BCUT2D eigenvalue weighted by Crippen LogP contribution is -2.29. The molecule has 30 heavy (non-hydrogen) atoms. The Morgan fingerprint density at radius 1 is 1.17 bits per heavy atom. The van der Waals surface area contributed by atoms with E-state index >= 15 is 0 Å². The third kappa shape index (κ3) is 4.32. The summed E-state index contributed by atoms with van der Waals surface area (Å²) in [4.78, 5) is 13.1. The van der Waals surface area contributed by atoms with Gasteiger partial charge in [0, 0.05) is 38.1 Å². The molecule has 0 fully saturated rings. The Kier molecular flexibility index (Phi) is 6.43. The Hall–Kier alpha value is -2.90. The van der Waals surface area contributed by atoms with Crippen LogP contribution in [0.3, 0.4) is 0 Å². The summed E-state index contributed by atoms with van der Waals surface area (Å²) < 4.78 is 27.9. The molecular formula is C23H27N3O3S. The highest BCUT2D eigenvalue weighted by Gasteiger charge is 2.21. The van der Waals surface area contributed by atoms with E-state index in [1.807, 2.05) is 34.9 Å². The minimum atomic E-state index is -3.55. The maximum Gasteiger partial charge on any atom is 0.267 e. The monoisotopic (exact) mass is 425 g/mol. The second-order valence-corrected chi connectivity index (χ2v) is 9.61. The van der Waals surface area contributed by atoms with E-state index in [1.165, 1.54) is 18.4 Å². The molecule has 0 aliphatic rings. The zero-order valence-corrected chi connectivity index (χ0v) is 18.3. The van der Waals surface area contributed by atoms with Crippen LogP contribution in [0.4, 0.5) is 0 Å². The molecule has 1 amide bonds. The van der Waals surface area contributed by atoms with Crippen LogP contribution in [0.1, 0.15) is 28.9 Å². The van der Waals surface area contributed by atoms with Crippen molar-refractivity contribution >= 4 is 26.8 Å². The SMILES string of the molecule is C=CCn1c(C(=O)NCC(C)c2ccccc2)cc2cc(S(=O)(=O)N(C)C)ccc21. The molecule has 0 radical (unpaired) electrons. The van der Waals surface area contributed by atoms with Gasteiger partial charge in [-0.3, -0.25) is 4.79 Å². The van der Waals surface area contributed by atoms with Crippen molar-refractivity contribution in [3.05, 3.63) is 78.5 Å². The summed E-state index contributed by atoms with van der Waals surface area (Å²) in [6, 6.07) is 16.6. The van der Waals surface area contributed by atoms with Crippen LogP contribution in [-0.4, -0.2) is 43.8 Å². The Labute approximate surface area is 177 Å². The lowest BCUT2D eigenvalue weighted by Gasteiger charge is -2.14. The van der Waals surface area contributed by atoms with Gasteiger partial charge >= 0.3 is 0 Å². The third-order valence-electron chi connectivity index (χ3n) is 5.13. The first kappa shape index (κ1) is 21.8. The van der Waals surface area contributed by atoms with E-state index < -0.39 is 10.0 Å². The third-order valence-corrected chi connectivity index (χ3v) is 6.94. The highest BCUT2D eigenvalue weighted by molar-refractivity contribution is 7.89. The van der Waals surface area contributed by atoms with Crippen LogP contribution in [-0.2, 0) is 16.6 Å². The molecule has 6 nitrogen and oxygen atoms in total. The van der Waals surface area contributed by atoms with E-state index in [1.54, 1.807) is 30.3 Å². The second-order valence-electron chi connectivity index (χ2n) is 7.46. The van der Waals surface area contributed by atoms with Crippen LogP contribution in [0.15, 0.2) is 72.1 Å². The molecule has 158 valence electrons. The number of carbonyl (C=O) groups excluding carboxylic acids is 1. The fourth-order valence-electron chi connectivity index (χ4n) is 3.37. The van der Waals surface area contributed by atoms with Gasteiger partial charge in [-0.05, 0) is 35.7 Å². The number of allylic oxidation sites excluding steroid dienone is 1. The van der Waals surface area contributed by atoms with E-state index in [0.29, 0.717) is 24.2 Å². The number of fused-ring (bicyclic) bond motifs is 1. The Balaban J connectivity index is 1.91. The minimum absolute atomic E-state index is 0.171. The lowest BCUT2D eigenvalue weighted by molar-refractivity contribution is 0.0943.